The normalized spacial score (nSPS) is 17.0. The third-order valence-corrected chi connectivity index (χ3v) is 4.70. The second-order valence-corrected chi connectivity index (χ2v) is 6.41. The lowest BCUT2D eigenvalue weighted by atomic mass is 10.2. The average Bonchev–Trinajstić information content (AvgIpc) is 3.07. The largest absolute Gasteiger partial charge is 0.473 e. The van der Waals surface area contributed by atoms with Gasteiger partial charge in [-0.2, -0.15) is 11.8 Å². The summed E-state index contributed by atoms with van der Waals surface area (Å²) in [5.41, 5.74) is 0.877. The number of hydrogen-bond acceptors (Lipinski definition) is 4. The summed E-state index contributed by atoms with van der Waals surface area (Å²) in [6.07, 6.45) is 2.71. The molecule has 120 valence electrons. The quantitative estimate of drug-likeness (QED) is 0.914. The molecule has 0 radical (unpaired) electrons. The molecule has 23 heavy (non-hydrogen) atoms. The van der Waals surface area contributed by atoms with E-state index in [1.54, 1.807) is 30.3 Å². The Morgan fingerprint density at radius 1 is 1.35 bits per heavy atom. The van der Waals surface area contributed by atoms with Crippen molar-refractivity contribution in [3.8, 4) is 5.88 Å². The van der Waals surface area contributed by atoms with Crippen molar-refractivity contribution in [3.05, 3.63) is 59.5 Å². The Morgan fingerprint density at radius 3 is 2.91 bits per heavy atom. The summed E-state index contributed by atoms with van der Waals surface area (Å²) >= 11 is 1.87. The molecule has 0 spiro atoms. The highest BCUT2D eigenvalue weighted by Gasteiger charge is 2.17. The van der Waals surface area contributed by atoms with Crippen LogP contribution in [0.25, 0.3) is 0 Å². The number of ether oxygens (including phenoxy) is 1. The number of benzene rings is 1. The van der Waals surface area contributed by atoms with Crippen molar-refractivity contribution < 1.29 is 13.9 Å². The third-order valence-electron chi connectivity index (χ3n) is 3.57. The van der Waals surface area contributed by atoms with E-state index in [0.717, 1.165) is 17.9 Å². The number of aromatic nitrogens is 1. The molecule has 1 N–H and O–H groups in total. The molecule has 0 aliphatic carbocycles. The number of carbonyl (C=O) groups excluding carboxylic acids is 1. The molecule has 1 fully saturated rings. The van der Waals surface area contributed by atoms with E-state index in [0.29, 0.717) is 17.0 Å². The second-order valence-electron chi connectivity index (χ2n) is 5.26. The van der Waals surface area contributed by atoms with E-state index in [2.05, 4.69) is 10.3 Å². The number of amides is 1. The van der Waals surface area contributed by atoms with Crippen molar-refractivity contribution in [3.63, 3.8) is 0 Å². The van der Waals surface area contributed by atoms with Gasteiger partial charge in [0.2, 0.25) is 5.88 Å². The maximum absolute atomic E-state index is 13.5. The minimum Gasteiger partial charge on any atom is -0.473 e. The summed E-state index contributed by atoms with van der Waals surface area (Å²) in [6.45, 7) is 0.142. The van der Waals surface area contributed by atoms with E-state index in [9.17, 15) is 9.18 Å². The molecule has 3 rings (SSSR count). The minimum atomic E-state index is -0.330. The fraction of sp³-hybridized carbons (Fsp3) is 0.294. The molecule has 1 aliphatic heterocycles. The van der Waals surface area contributed by atoms with E-state index in [1.165, 1.54) is 12.3 Å². The number of nitrogens with one attached hydrogen (secondary N) is 1. The molecule has 4 nitrogen and oxygen atoms in total. The fourth-order valence-corrected chi connectivity index (χ4v) is 3.37. The summed E-state index contributed by atoms with van der Waals surface area (Å²) in [5.74, 6) is 2.00. The van der Waals surface area contributed by atoms with Gasteiger partial charge in [0.1, 0.15) is 11.9 Å². The molecule has 1 atom stereocenters. The van der Waals surface area contributed by atoms with Gasteiger partial charge in [-0.3, -0.25) is 4.79 Å². The first kappa shape index (κ1) is 15.8. The SMILES string of the molecule is O=C(NCc1ccccc1F)c1ccc(OC2CCSC2)nc1. The number of halogens is 1. The molecule has 1 unspecified atom stereocenters. The van der Waals surface area contributed by atoms with Crippen molar-refractivity contribution in [1.29, 1.82) is 0 Å². The maximum atomic E-state index is 13.5. The minimum absolute atomic E-state index is 0.142. The van der Waals surface area contributed by atoms with Crippen LogP contribution in [0.5, 0.6) is 5.88 Å². The zero-order valence-corrected chi connectivity index (χ0v) is 13.3. The Bertz CT molecular complexity index is 673. The van der Waals surface area contributed by atoms with Gasteiger partial charge in [0.25, 0.3) is 5.91 Å². The van der Waals surface area contributed by atoms with Crippen LogP contribution in [-0.4, -0.2) is 28.5 Å². The van der Waals surface area contributed by atoms with Crippen LogP contribution in [0.1, 0.15) is 22.3 Å². The van der Waals surface area contributed by atoms with Crippen molar-refractivity contribution in [2.24, 2.45) is 0 Å². The molecular weight excluding hydrogens is 315 g/mol. The molecule has 0 bridgehead atoms. The van der Waals surface area contributed by atoms with Crippen molar-refractivity contribution in [1.82, 2.24) is 10.3 Å². The first-order valence-corrected chi connectivity index (χ1v) is 8.60. The van der Waals surface area contributed by atoms with Gasteiger partial charge in [0.15, 0.2) is 0 Å². The summed E-state index contributed by atoms with van der Waals surface area (Å²) in [6, 6.07) is 9.73. The lowest BCUT2D eigenvalue weighted by molar-refractivity contribution is 0.0950. The number of rotatable bonds is 5. The molecule has 1 aromatic carbocycles. The smallest absolute Gasteiger partial charge is 0.253 e. The summed E-state index contributed by atoms with van der Waals surface area (Å²) < 4.78 is 19.2. The predicted molar refractivity (Wildman–Crippen MR) is 88.2 cm³/mol. The van der Waals surface area contributed by atoms with Crippen LogP contribution in [0.4, 0.5) is 4.39 Å². The van der Waals surface area contributed by atoms with Crippen LogP contribution in [0.2, 0.25) is 0 Å². The Kier molecular flexibility index (Phi) is 5.12. The summed E-state index contributed by atoms with van der Waals surface area (Å²) in [5, 5.41) is 2.69. The van der Waals surface area contributed by atoms with Gasteiger partial charge in [-0.25, -0.2) is 9.37 Å². The molecule has 1 saturated heterocycles. The van der Waals surface area contributed by atoms with E-state index in [1.807, 2.05) is 11.8 Å². The van der Waals surface area contributed by atoms with Gasteiger partial charge < -0.3 is 10.1 Å². The monoisotopic (exact) mass is 332 g/mol. The number of nitrogens with zero attached hydrogens (tertiary/aromatic N) is 1. The molecular formula is C17H17FN2O2S. The molecule has 1 aliphatic rings. The van der Waals surface area contributed by atoms with Gasteiger partial charge in [-0.15, -0.1) is 0 Å². The molecule has 0 saturated carbocycles. The highest BCUT2D eigenvalue weighted by atomic mass is 32.2. The van der Waals surface area contributed by atoms with Crippen LogP contribution < -0.4 is 10.1 Å². The van der Waals surface area contributed by atoms with Crippen LogP contribution in [0.15, 0.2) is 42.6 Å². The Balaban J connectivity index is 1.56. The van der Waals surface area contributed by atoms with Crippen LogP contribution in [0, 0.1) is 5.82 Å². The highest BCUT2D eigenvalue weighted by Crippen LogP contribution is 2.22. The van der Waals surface area contributed by atoms with Gasteiger partial charge in [-0.05, 0) is 24.3 Å². The first-order chi connectivity index (χ1) is 11.2. The molecule has 6 heteroatoms. The fourth-order valence-electron chi connectivity index (χ4n) is 2.28. The van der Waals surface area contributed by atoms with E-state index in [4.69, 9.17) is 4.74 Å². The number of carbonyl (C=O) groups is 1. The first-order valence-electron chi connectivity index (χ1n) is 7.44. The van der Waals surface area contributed by atoms with Gasteiger partial charge in [0.05, 0.1) is 5.56 Å². The lowest BCUT2D eigenvalue weighted by Gasteiger charge is -2.11. The Morgan fingerprint density at radius 2 is 2.22 bits per heavy atom. The van der Waals surface area contributed by atoms with E-state index < -0.39 is 0 Å². The second kappa shape index (κ2) is 7.46. The molecule has 2 aromatic rings. The number of hydrogen-bond donors (Lipinski definition) is 1. The zero-order chi connectivity index (χ0) is 16.1. The zero-order valence-electron chi connectivity index (χ0n) is 12.5. The average molecular weight is 332 g/mol. The van der Waals surface area contributed by atoms with E-state index >= 15 is 0 Å². The Labute approximate surface area is 138 Å². The van der Waals surface area contributed by atoms with Crippen LogP contribution in [-0.2, 0) is 6.54 Å². The summed E-state index contributed by atoms with van der Waals surface area (Å²) in [4.78, 5) is 16.2. The molecule has 1 aromatic heterocycles. The lowest BCUT2D eigenvalue weighted by Crippen LogP contribution is -2.23. The van der Waals surface area contributed by atoms with Gasteiger partial charge >= 0.3 is 0 Å². The van der Waals surface area contributed by atoms with E-state index in [-0.39, 0.29) is 24.4 Å². The van der Waals surface area contributed by atoms with Gasteiger partial charge in [0, 0.05) is 30.1 Å². The third kappa shape index (κ3) is 4.22. The molecule has 1 amide bonds. The summed E-state index contributed by atoms with van der Waals surface area (Å²) in [7, 11) is 0. The van der Waals surface area contributed by atoms with Crippen LogP contribution >= 0.6 is 11.8 Å². The number of pyridine rings is 1. The van der Waals surface area contributed by atoms with Crippen molar-refractivity contribution in [2.75, 3.05) is 11.5 Å². The molecule has 2 heterocycles. The van der Waals surface area contributed by atoms with Crippen molar-refractivity contribution >= 4 is 17.7 Å². The topological polar surface area (TPSA) is 51.2 Å². The number of thioether (sulfide) groups is 1. The van der Waals surface area contributed by atoms with Gasteiger partial charge in [-0.1, -0.05) is 18.2 Å². The standard InChI is InChI=1S/C17H17FN2O2S/c18-15-4-2-1-3-12(15)9-20-17(21)13-5-6-16(19-10-13)22-14-7-8-23-11-14/h1-6,10,14H,7-9,11H2,(H,20,21). The Hall–Kier alpha value is -2.08. The predicted octanol–water partition coefficient (Wildman–Crippen LogP) is 3.04. The van der Waals surface area contributed by atoms with Crippen molar-refractivity contribution in [2.45, 2.75) is 19.1 Å². The maximum Gasteiger partial charge on any atom is 0.253 e. The highest BCUT2D eigenvalue weighted by molar-refractivity contribution is 7.99. The van der Waals surface area contributed by atoms with Crippen LogP contribution in [0.3, 0.4) is 0 Å².